The number of aromatic nitrogens is 1. The highest BCUT2D eigenvalue weighted by atomic mass is 35.5. The zero-order valence-electron chi connectivity index (χ0n) is 15.5. The highest BCUT2D eigenvalue weighted by Gasteiger charge is 2.31. The van der Waals surface area contributed by atoms with Crippen molar-refractivity contribution in [1.29, 1.82) is 0 Å². The molecule has 0 saturated carbocycles. The number of hydrogen-bond acceptors (Lipinski definition) is 5. The largest absolute Gasteiger partial charge is 0.573 e. The summed E-state index contributed by atoms with van der Waals surface area (Å²) in [7, 11) is 3.75. The van der Waals surface area contributed by atoms with E-state index in [1.54, 1.807) is 24.3 Å². The minimum atomic E-state index is -4.78. The minimum Gasteiger partial charge on any atom is -0.406 e. The van der Waals surface area contributed by atoms with Gasteiger partial charge in [-0.3, -0.25) is 9.69 Å². The van der Waals surface area contributed by atoms with Crippen LogP contribution in [0.3, 0.4) is 0 Å². The molecule has 10 heteroatoms. The lowest BCUT2D eigenvalue weighted by Crippen LogP contribution is -2.36. The van der Waals surface area contributed by atoms with Gasteiger partial charge in [0, 0.05) is 29.7 Å². The molecule has 0 bridgehead atoms. The number of fused-ring (bicyclic) bond motifs is 1. The van der Waals surface area contributed by atoms with E-state index in [0.29, 0.717) is 39.0 Å². The molecule has 0 aliphatic rings. The standard InChI is InChI=1S/C19H17ClF3N3O2S/c1-25(2)8-9-26(17(27)12-4-3-5-13(20)10-12)18-24-15-7-6-14(11-16(15)29-18)28-19(21,22)23/h3-7,10-11H,8-9H2,1-2H3. The number of carbonyl (C=O) groups is 1. The van der Waals surface area contributed by atoms with Crippen LogP contribution in [0.15, 0.2) is 42.5 Å². The Labute approximate surface area is 174 Å². The third kappa shape index (κ3) is 5.59. The maximum absolute atomic E-state index is 13.1. The van der Waals surface area contributed by atoms with E-state index in [0.717, 1.165) is 11.3 Å². The molecule has 0 N–H and O–H groups in total. The summed E-state index contributed by atoms with van der Waals surface area (Å²) >= 11 is 7.12. The Morgan fingerprint density at radius 3 is 2.59 bits per heavy atom. The zero-order chi connectivity index (χ0) is 21.2. The fourth-order valence-electron chi connectivity index (χ4n) is 2.57. The molecule has 0 radical (unpaired) electrons. The molecular formula is C19H17ClF3N3O2S. The first-order valence-electron chi connectivity index (χ1n) is 8.51. The van der Waals surface area contributed by atoms with Crippen LogP contribution in [0.2, 0.25) is 5.02 Å². The summed E-state index contributed by atoms with van der Waals surface area (Å²) < 4.78 is 41.9. The number of carbonyl (C=O) groups excluding carboxylic acids is 1. The number of amides is 1. The summed E-state index contributed by atoms with van der Waals surface area (Å²) in [5, 5.41) is 0.817. The van der Waals surface area contributed by atoms with Gasteiger partial charge in [0.25, 0.3) is 5.91 Å². The highest BCUT2D eigenvalue weighted by Crippen LogP contribution is 2.34. The van der Waals surface area contributed by atoms with Crippen LogP contribution < -0.4 is 9.64 Å². The van der Waals surface area contributed by atoms with Crippen molar-refractivity contribution in [1.82, 2.24) is 9.88 Å². The summed E-state index contributed by atoms with van der Waals surface area (Å²) in [6, 6.07) is 10.5. The Kier molecular flexibility index (Phi) is 6.30. The van der Waals surface area contributed by atoms with Crippen LogP contribution in [-0.2, 0) is 0 Å². The zero-order valence-corrected chi connectivity index (χ0v) is 17.1. The molecular weight excluding hydrogens is 427 g/mol. The Bertz CT molecular complexity index is 1020. The Hall–Kier alpha value is -2.36. The van der Waals surface area contributed by atoms with Crippen LogP contribution in [0.4, 0.5) is 18.3 Å². The number of benzene rings is 2. The van der Waals surface area contributed by atoms with E-state index in [1.165, 1.54) is 23.1 Å². The van der Waals surface area contributed by atoms with Crippen LogP contribution in [-0.4, -0.2) is 49.3 Å². The number of rotatable bonds is 6. The molecule has 2 aromatic carbocycles. The summed E-state index contributed by atoms with van der Waals surface area (Å²) in [6.07, 6.45) is -4.78. The van der Waals surface area contributed by atoms with Crippen molar-refractivity contribution in [3.05, 3.63) is 53.1 Å². The smallest absolute Gasteiger partial charge is 0.406 e. The SMILES string of the molecule is CN(C)CCN(C(=O)c1cccc(Cl)c1)c1nc2ccc(OC(F)(F)F)cc2s1. The first-order chi connectivity index (χ1) is 13.6. The van der Waals surface area contributed by atoms with Gasteiger partial charge in [0.2, 0.25) is 0 Å². The normalized spacial score (nSPS) is 11.8. The number of hydrogen-bond donors (Lipinski definition) is 0. The second-order valence-corrected chi connectivity index (χ2v) is 7.89. The Morgan fingerprint density at radius 1 is 1.17 bits per heavy atom. The maximum Gasteiger partial charge on any atom is 0.573 e. The lowest BCUT2D eigenvalue weighted by Gasteiger charge is -2.22. The van der Waals surface area contributed by atoms with Crippen molar-refractivity contribution in [3.8, 4) is 5.75 Å². The van der Waals surface area contributed by atoms with Gasteiger partial charge in [0.1, 0.15) is 5.75 Å². The van der Waals surface area contributed by atoms with E-state index < -0.39 is 6.36 Å². The molecule has 0 aliphatic carbocycles. The highest BCUT2D eigenvalue weighted by molar-refractivity contribution is 7.22. The van der Waals surface area contributed by atoms with Gasteiger partial charge in [-0.05, 0) is 44.4 Å². The van der Waals surface area contributed by atoms with E-state index >= 15 is 0 Å². The van der Waals surface area contributed by atoms with E-state index in [-0.39, 0.29) is 11.7 Å². The molecule has 1 heterocycles. The molecule has 0 unspecified atom stereocenters. The summed E-state index contributed by atoms with van der Waals surface area (Å²) in [4.78, 5) is 20.9. The molecule has 1 aromatic heterocycles. The van der Waals surface area contributed by atoms with Gasteiger partial charge in [-0.25, -0.2) is 4.98 Å². The third-order valence-electron chi connectivity index (χ3n) is 3.90. The predicted molar refractivity (Wildman–Crippen MR) is 108 cm³/mol. The average molecular weight is 444 g/mol. The Morgan fingerprint density at radius 2 is 1.93 bits per heavy atom. The first kappa shape index (κ1) is 21.4. The number of ether oxygens (including phenoxy) is 1. The summed E-state index contributed by atoms with van der Waals surface area (Å²) in [6.45, 7) is 0.925. The van der Waals surface area contributed by atoms with Crippen LogP contribution in [0.1, 0.15) is 10.4 Å². The maximum atomic E-state index is 13.1. The van der Waals surface area contributed by atoms with E-state index in [1.807, 2.05) is 19.0 Å². The van der Waals surface area contributed by atoms with Crippen LogP contribution in [0.25, 0.3) is 10.2 Å². The lowest BCUT2D eigenvalue weighted by molar-refractivity contribution is -0.274. The van der Waals surface area contributed by atoms with E-state index in [9.17, 15) is 18.0 Å². The monoisotopic (exact) mass is 443 g/mol. The molecule has 154 valence electrons. The number of nitrogens with zero attached hydrogens (tertiary/aromatic N) is 3. The molecule has 0 saturated heterocycles. The number of thiazole rings is 1. The summed E-state index contributed by atoms with van der Waals surface area (Å²) in [5.74, 6) is -0.624. The lowest BCUT2D eigenvalue weighted by atomic mass is 10.2. The van der Waals surface area contributed by atoms with Crippen LogP contribution in [0.5, 0.6) is 5.75 Å². The first-order valence-corrected chi connectivity index (χ1v) is 9.70. The predicted octanol–water partition coefficient (Wildman–Crippen LogP) is 5.06. The van der Waals surface area contributed by atoms with Gasteiger partial charge >= 0.3 is 6.36 Å². The second-order valence-electron chi connectivity index (χ2n) is 6.44. The van der Waals surface area contributed by atoms with Crippen molar-refractivity contribution in [2.45, 2.75) is 6.36 Å². The van der Waals surface area contributed by atoms with Gasteiger partial charge in [-0.15, -0.1) is 13.2 Å². The fourth-order valence-corrected chi connectivity index (χ4v) is 3.78. The van der Waals surface area contributed by atoms with E-state index in [2.05, 4.69) is 9.72 Å². The topological polar surface area (TPSA) is 45.7 Å². The van der Waals surface area contributed by atoms with Gasteiger partial charge in [-0.2, -0.15) is 0 Å². The van der Waals surface area contributed by atoms with Crippen molar-refractivity contribution < 1.29 is 22.7 Å². The molecule has 0 fully saturated rings. The number of anilines is 1. The van der Waals surface area contributed by atoms with Gasteiger partial charge in [-0.1, -0.05) is 29.0 Å². The van der Waals surface area contributed by atoms with E-state index in [4.69, 9.17) is 11.6 Å². The number of alkyl halides is 3. The molecule has 0 atom stereocenters. The second kappa shape index (κ2) is 8.56. The fraction of sp³-hybridized carbons (Fsp3) is 0.263. The van der Waals surface area contributed by atoms with Crippen molar-refractivity contribution in [2.24, 2.45) is 0 Å². The van der Waals surface area contributed by atoms with Crippen molar-refractivity contribution in [2.75, 3.05) is 32.1 Å². The average Bonchev–Trinajstić information content (AvgIpc) is 3.03. The van der Waals surface area contributed by atoms with Gasteiger partial charge in [0.05, 0.1) is 10.2 Å². The van der Waals surface area contributed by atoms with Crippen LogP contribution in [0, 0.1) is 0 Å². The molecule has 0 spiro atoms. The van der Waals surface area contributed by atoms with Crippen molar-refractivity contribution in [3.63, 3.8) is 0 Å². The van der Waals surface area contributed by atoms with Gasteiger partial charge in [0.15, 0.2) is 5.13 Å². The minimum absolute atomic E-state index is 0.292. The molecule has 3 aromatic rings. The van der Waals surface area contributed by atoms with Crippen molar-refractivity contribution >= 4 is 44.2 Å². The number of halogens is 4. The molecule has 3 rings (SSSR count). The Balaban J connectivity index is 1.96. The summed E-state index contributed by atoms with van der Waals surface area (Å²) in [5.41, 5.74) is 0.880. The molecule has 29 heavy (non-hydrogen) atoms. The molecule has 1 amide bonds. The molecule has 5 nitrogen and oxygen atoms in total. The third-order valence-corrected chi connectivity index (χ3v) is 5.18. The molecule has 0 aliphatic heterocycles. The van der Waals surface area contributed by atoms with Gasteiger partial charge < -0.3 is 9.64 Å². The van der Waals surface area contributed by atoms with Crippen LogP contribution >= 0.6 is 22.9 Å². The quantitative estimate of drug-likeness (QED) is 0.534. The number of likely N-dealkylation sites (N-methyl/N-ethyl adjacent to an activating group) is 1.